The summed E-state index contributed by atoms with van der Waals surface area (Å²) in [7, 11) is 1.66. The molecule has 0 aliphatic carbocycles. The van der Waals surface area contributed by atoms with Crippen LogP contribution in [0, 0.1) is 11.3 Å². The molecule has 1 aliphatic heterocycles. The summed E-state index contributed by atoms with van der Waals surface area (Å²) in [5.74, 6) is 0.641. The summed E-state index contributed by atoms with van der Waals surface area (Å²) in [4.78, 5) is 25.9. The number of carbonyl (C=O) groups is 1. The van der Waals surface area contributed by atoms with Crippen molar-refractivity contribution in [3.8, 4) is 0 Å². The van der Waals surface area contributed by atoms with Crippen LogP contribution in [0.15, 0.2) is 11.1 Å². The van der Waals surface area contributed by atoms with E-state index in [1.807, 2.05) is 4.90 Å². The third-order valence-corrected chi connectivity index (χ3v) is 3.83. The molecular formula is C14H24N4O2. The van der Waals surface area contributed by atoms with Crippen molar-refractivity contribution >= 4 is 5.91 Å². The van der Waals surface area contributed by atoms with Gasteiger partial charge < -0.3 is 4.90 Å². The smallest absolute Gasteiger partial charge is 0.342 e. The van der Waals surface area contributed by atoms with E-state index in [4.69, 9.17) is 0 Å². The molecule has 1 atom stereocenters. The molecule has 6 heteroatoms. The Hall–Kier alpha value is -1.59. The zero-order chi connectivity index (χ0) is 14.9. The first-order valence-electron chi connectivity index (χ1n) is 7.15. The van der Waals surface area contributed by atoms with Crippen LogP contribution >= 0.6 is 0 Å². The zero-order valence-electron chi connectivity index (χ0n) is 12.8. The SMILES string of the molecule is CC1CN(C(=O)CCn2ncn(C)c2=O)CC(C)(C)C1. The first kappa shape index (κ1) is 14.8. The quantitative estimate of drug-likeness (QED) is 0.825. The monoisotopic (exact) mass is 280 g/mol. The second kappa shape index (κ2) is 5.42. The summed E-state index contributed by atoms with van der Waals surface area (Å²) in [5.41, 5.74) is -0.0000395. The van der Waals surface area contributed by atoms with Gasteiger partial charge in [0.1, 0.15) is 6.33 Å². The molecule has 0 spiro atoms. The van der Waals surface area contributed by atoms with Crippen LogP contribution in [0.25, 0.3) is 0 Å². The van der Waals surface area contributed by atoms with Crippen molar-refractivity contribution in [2.45, 2.75) is 40.2 Å². The molecule has 1 unspecified atom stereocenters. The lowest BCUT2D eigenvalue weighted by molar-refractivity contribution is -0.135. The average molecular weight is 280 g/mol. The Balaban J connectivity index is 1.95. The van der Waals surface area contributed by atoms with Crippen LogP contribution in [0.3, 0.4) is 0 Å². The Morgan fingerprint density at radius 3 is 2.75 bits per heavy atom. The second-order valence-electron chi connectivity index (χ2n) is 6.75. The molecule has 6 nitrogen and oxygen atoms in total. The van der Waals surface area contributed by atoms with Gasteiger partial charge in [-0.3, -0.25) is 9.36 Å². The van der Waals surface area contributed by atoms with Crippen molar-refractivity contribution in [1.82, 2.24) is 19.2 Å². The van der Waals surface area contributed by atoms with E-state index in [0.29, 0.717) is 18.9 Å². The van der Waals surface area contributed by atoms with Crippen LogP contribution in [-0.2, 0) is 18.4 Å². The number of piperidine rings is 1. The van der Waals surface area contributed by atoms with Crippen LogP contribution < -0.4 is 5.69 Å². The van der Waals surface area contributed by atoms with Crippen molar-refractivity contribution in [3.05, 3.63) is 16.8 Å². The Labute approximate surface area is 119 Å². The molecule has 20 heavy (non-hydrogen) atoms. The second-order valence-corrected chi connectivity index (χ2v) is 6.75. The lowest BCUT2D eigenvalue weighted by Gasteiger charge is -2.41. The Kier molecular flexibility index (Phi) is 4.01. The third kappa shape index (κ3) is 3.29. The number of aromatic nitrogens is 3. The van der Waals surface area contributed by atoms with Gasteiger partial charge in [0.05, 0.1) is 6.54 Å². The lowest BCUT2D eigenvalue weighted by Crippen LogP contribution is -2.47. The molecule has 1 aromatic rings. The number of hydrogen-bond donors (Lipinski definition) is 0. The number of carbonyl (C=O) groups excluding carboxylic acids is 1. The van der Waals surface area contributed by atoms with Gasteiger partial charge in [-0.25, -0.2) is 9.48 Å². The van der Waals surface area contributed by atoms with E-state index < -0.39 is 0 Å². The number of rotatable bonds is 3. The topological polar surface area (TPSA) is 60.1 Å². The third-order valence-electron chi connectivity index (χ3n) is 3.83. The fourth-order valence-corrected chi connectivity index (χ4v) is 3.15. The predicted octanol–water partition coefficient (Wildman–Crippen LogP) is 0.866. The first-order chi connectivity index (χ1) is 9.28. The fourth-order valence-electron chi connectivity index (χ4n) is 3.15. The lowest BCUT2D eigenvalue weighted by atomic mass is 9.79. The van der Waals surface area contributed by atoms with Crippen LogP contribution in [0.2, 0.25) is 0 Å². The van der Waals surface area contributed by atoms with Crippen molar-refractivity contribution in [2.24, 2.45) is 18.4 Å². The van der Waals surface area contributed by atoms with Crippen molar-refractivity contribution in [3.63, 3.8) is 0 Å². The Morgan fingerprint density at radius 2 is 2.20 bits per heavy atom. The van der Waals surface area contributed by atoms with Crippen LogP contribution in [0.5, 0.6) is 0 Å². The molecule has 1 fully saturated rings. The largest absolute Gasteiger partial charge is 0.345 e. The molecule has 0 aromatic carbocycles. The van der Waals surface area contributed by atoms with E-state index in [0.717, 1.165) is 19.5 Å². The summed E-state index contributed by atoms with van der Waals surface area (Å²) in [6.07, 6.45) is 2.95. The fraction of sp³-hybridized carbons (Fsp3) is 0.786. The van der Waals surface area contributed by atoms with E-state index in [-0.39, 0.29) is 17.0 Å². The molecule has 0 bridgehead atoms. The number of nitrogens with zero attached hydrogens (tertiary/aromatic N) is 4. The summed E-state index contributed by atoms with van der Waals surface area (Å²) in [6, 6.07) is 0. The number of aryl methyl sites for hydroxylation is 2. The minimum absolute atomic E-state index is 0.113. The summed E-state index contributed by atoms with van der Waals surface area (Å²) in [6.45, 7) is 8.55. The maximum atomic E-state index is 12.3. The molecule has 2 rings (SSSR count). The highest BCUT2D eigenvalue weighted by Crippen LogP contribution is 2.32. The number of amides is 1. The molecule has 0 radical (unpaired) electrons. The Bertz CT molecular complexity index is 544. The van der Waals surface area contributed by atoms with Gasteiger partial charge in [0.25, 0.3) is 0 Å². The maximum Gasteiger partial charge on any atom is 0.345 e. The number of likely N-dealkylation sites (tertiary alicyclic amines) is 1. The van der Waals surface area contributed by atoms with Gasteiger partial charge in [0, 0.05) is 26.6 Å². The van der Waals surface area contributed by atoms with Gasteiger partial charge >= 0.3 is 5.69 Å². The highest BCUT2D eigenvalue weighted by atomic mass is 16.2. The van der Waals surface area contributed by atoms with Crippen LogP contribution in [0.4, 0.5) is 0 Å². The predicted molar refractivity (Wildman–Crippen MR) is 76.2 cm³/mol. The maximum absolute atomic E-state index is 12.3. The Morgan fingerprint density at radius 1 is 1.50 bits per heavy atom. The molecule has 0 N–H and O–H groups in total. The average Bonchev–Trinajstić information content (AvgIpc) is 2.64. The van der Waals surface area contributed by atoms with E-state index in [1.54, 1.807) is 7.05 Å². The highest BCUT2D eigenvalue weighted by Gasteiger charge is 2.32. The molecule has 1 aromatic heterocycles. The molecule has 112 valence electrons. The molecule has 1 aliphatic rings. The molecule has 1 saturated heterocycles. The van der Waals surface area contributed by atoms with E-state index in [1.165, 1.54) is 15.6 Å². The molecule has 1 amide bonds. The van der Waals surface area contributed by atoms with Gasteiger partial charge in [-0.05, 0) is 17.8 Å². The van der Waals surface area contributed by atoms with Gasteiger partial charge in [-0.15, -0.1) is 0 Å². The summed E-state index contributed by atoms with van der Waals surface area (Å²) < 4.78 is 2.76. The zero-order valence-corrected chi connectivity index (χ0v) is 12.8. The first-order valence-corrected chi connectivity index (χ1v) is 7.15. The van der Waals surface area contributed by atoms with Crippen molar-refractivity contribution in [1.29, 1.82) is 0 Å². The minimum atomic E-state index is -0.176. The van der Waals surface area contributed by atoms with Gasteiger partial charge in [-0.1, -0.05) is 20.8 Å². The molecule has 2 heterocycles. The van der Waals surface area contributed by atoms with Gasteiger partial charge in [-0.2, -0.15) is 5.10 Å². The normalized spacial score (nSPS) is 22.0. The van der Waals surface area contributed by atoms with E-state index in [9.17, 15) is 9.59 Å². The van der Waals surface area contributed by atoms with Gasteiger partial charge in [0.2, 0.25) is 5.91 Å². The van der Waals surface area contributed by atoms with Gasteiger partial charge in [0.15, 0.2) is 0 Å². The molecule has 0 saturated carbocycles. The number of hydrogen-bond acceptors (Lipinski definition) is 3. The van der Waals surface area contributed by atoms with E-state index >= 15 is 0 Å². The summed E-state index contributed by atoms with van der Waals surface area (Å²) in [5, 5.41) is 3.97. The minimum Gasteiger partial charge on any atom is -0.342 e. The standard InChI is InChI=1S/C14H24N4O2/c1-11-7-14(2,3)9-17(8-11)12(19)5-6-18-13(20)16(4)10-15-18/h10-11H,5-9H2,1-4H3. The van der Waals surface area contributed by atoms with Crippen LogP contribution in [-0.4, -0.2) is 38.2 Å². The summed E-state index contributed by atoms with van der Waals surface area (Å²) >= 11 is 0. The molecular weight excluding hydrogens is 256 g/mol. The van der Waals surface area contributed by atoms with Crippen molar-refractivity contribution in [2.75, 3.05) is 13.1 Å². The van der Waals surface area contributed by atoms with Crippen LogP contribution in [0.1, 0.15) is 33.6 Å². The van der Waals surface area contributed by atoms with E-state index in [2.05, 4.69) is 25.9 Å². The highest BCUT2D eigenvalue weighted by molar-refractivity contribution is 5.76. The van der Waals surface area contributed by atoms with Crippen molar-refractivity contribution < 1.29 is 4.79 Å².